The Morgan fingerprint density at radius 3 is 2.71 bits per heavy atom. The van der Waals surface area contributed by atoms with E-state index in [2.05, 4.69) is 40.4 Å². The second-order valence-electron chi connectivity index (χ2n) is 7.82. The summed E-state index contributed by atoms with van der Waals surface area (Å²) in [4.78, 5) is 35.5. The highest BCUT2D eigenvalue weighted by Gasteiger charge is 2.21. The Morgan fingerprint density at radius 2 is 2.00 bits per heavy atom. The first kappa shape index (κ1) is 24.3. The smallest absolute Gasteiger partial charge is 0.267 e. The molecule has 1 fully saturated rings. The van der Waals surface area contributed by atoms with Crippen molar-refractivity contribution in [1.29, 1.82) is 0 Å². The molecule has 0 aliphatic carbocycles. The van der Waals surface area contributed by atoms with Crippen LogP contribution in [0.1, 0.15) is 28.0 Å². The molecule has 0 spiro atoms. The number of hydrogen-bond acceptors (Lipinski definition) is 10. The van der Waals surface area contributed by atoms with Crippen LogP contribution in [-0.4, -0.2) is 75.2 Å². The van der Waals surface area contributed by atoms with E-state index in [-0.39, 0.29) is 12.5 Å². The number of hydrogen-bond donors (Lipinski definition) is 3. The molecule has 10 nitrogen and oxygen atoms in total. The quantitative estimate of drug-likeness (QED) is 0.427. The lowest BCUT2D eigenvalue weighted by Gasteiger charge is -2.34. The average molecular weight is 503 g/mol. The maximum absolute atomic E-state index is 12.7. The van der Waals surface area contributed by atoms with Crippen LogP contribution in [0.4, 0.5) is 22.7 Å². The molecule has 3 aromatic rings. The Bertz CT molecular complexity index is 1130. The summed E-state index contributed by atoms with van der Waals surface area (Å²) in [5, 5.41) is 16.1. The van der Waals surface area contributed by atoms with Crippen LogP contribution < -0.4 is 15.5 Å². The van der Waals surface area contributed by atoms with Gasteiger partial charge in [-0.3, -0.25) is 15.0 Å². The maximum atomic E-state index is 12.7. The van der Waals surface area contributed by atoms with Crippen LogP contribution in [0, 0.1) is 6.92 Å². The van der Waals surface area contributed by atoms with Crippen molar-refractivity contribution in [3.8, 4) is 0 Å². The summed E-state index contributed by atoms with van der Waals surface area (Å²) in [5.74, 6) is 1.40. The maximum Gasteiger partial charge on any atom is 0.267 e. The molecule has 1 aliphatic heterocycles. The Hall–Kier alpha value is -2.86. The molecule has 3 N–H and O–H groups in total. The molecule has 0 bridgehead atoms. The van der Waals surface area contributed by atoms with Crippen LogP contribution in [0.5, 0.6) is 0 Å². The van der Waals surface area contributed by atoms with E-state index in [1.54, 1.807) is 6.07 Å². The number of β-amino-alcohol motifs (C(OH)–C–C–N with tert-alkyl or cyclic N) is 1. The lowest BCUT2D eigenvalue weighted by molar-refractivity contribution is 0.103. The number of carbonyl (C=O) groups is 1. The van der Waals surface area contributed by atoms with Crippen LogP contribution in [-0.2, 0) is 6.42 Å². The van der Waals surface area contributed by atoms with Gasteiger partial charge in [-0.1, -0.05) is 42.0 Å². The van der Waals surface area contributed by atoms with Gasteiger partial charge in [-0.2, -0.15) is 15.0 Å². The van der Waals surface area contributed by atoms with Gasteiger partial charge in [-0.25, -0.2) is 4.98 Å². The molecule has 0 saturated carbocycles. The molecule has 3 heterocycles. The van der Waals surface area contributed by atoms with Crippen LogP contribution in [0.3, 0.4) is 0 Å². The SMILES string of the molecule is CCc1nc(Nc2ncc(C(=O)Nc3c(C)cccc3Cl)s2)nc(N2CCN(CCO)CC2)n1. The molecular weight excluding hydrogens is 476 g/mol. The number of benzene rings is 1. The zero-order valence-electron chi connectivity index (χ0n) is 19.1. The number of anilines is 4. The standard InChI is InChI=1S/C22H27ClN8O2S/c1-3-17-25-20(28-21(26-17)31-9-7-30(8-10-31)11-12-32)29-22-24-13-16(34-22)19(33)27-18-14(2)5-4-6-15(18)23/h4-6,13,32H,3,7-12H2,1-2H3,(H,27,33)(H,24,25,26,28,29). The summed E-state index contributed by atoms with van der Waals surface area (Å²) in [6.45, 7) is 7.94. The Labute approximate surface area is 207 Å². The molecule has 1 saturated heterocycles. The summed E-state index contributed by atoms with van der Waals surface area (Å²) >= 11 is 7.43. The van der Waals surface area contributed by atoms with E-state index in [1.807, 2.05) is 26.0 Å². The van der Waals surface area contributed by atoms with Gasteiger partial charge in [0.15, 0.2) is 5.13 Å². The predicted octanol–water partition coefficient (Wildman–Crippen LogP) is 2.96. The lowest BCUT2D eigenvalue weighted by Crippen LogP contribution is -2.47. The molecule has 180 valence electrons. The number of aryl methyl sites for hydroxylation is 2. The number of piperazine rings is 1. The second-order valence-corrected chi connectivity index (χ2v) is 9.26. The van der Waals surface area contributed by atoms with Crippen molar-refractivity contribution in [1.82, 2.24) is 24.8 Å². The van der Waals surface area contributed by atoms with Crippen molar-refractivity contribution in [2.75, 3.05) is 54.9 Å². The largest absolute Gasteiger partial charge is 0.395 e. The van der Waals surface area contributed by atoms with Gasteiger partial charge >= 0.3 is 0 Å². The molecular formula is C22H27ClN8O2S. The fraction of sp³-hybridized carbons (Fsp3) is 0.409. The molecule has 0 radical (unpaired) electrons. The van der Waals surface area contributed by atoms with E-state index in [1.165, 1.54) is 17.5 Å². The van der Waals surface area contributed by atoms with Gasteiger partial charge in [-0.15, -0.1) is 0 Å². The second kappa shape index (κ2) is 11.0. The number of para-hydroxylation sites is 1. The number of halogens is 1. The molecule has 12 heteroatoms. The first-order valence-corrected chi connectivity index (χ1v) is 12.3. The summed E-state index contributed by atoms with van der Waals surface area (Å²) in [6, 6.07) is 5.46. The highest BCUT2D eigenvalue weighted by atomic mass is 35.5. The average Bonchev–Trinajstić information content (AvgIpc) is 3.30. The molecule has 0 unspecified atom stereocenters. The minimum Gasteiger partial charge on any atom is -0.395 e. The van der Waals surface area contributed by atoms with Crippen molar-refractivity contribution >= 4 is 51.6 Å². The molecule has 2 aromatic heterocycles. The topological polar surface area (TPSA) is 119 Å². The van der Waals surface area contributed by atoms with E-state index < -0.39 is 0 Å². The first-order chi connectivity index (χ1) is 16.5. The van der Waals surface area contributed by atoms with Crippen molar-refractivity contribution < 1.29 is 9.90 Å². The number of aliphatic hydroxyl groups is 1. The molecule has 1 aliphatic rings. The van der Waals surface area contributed by atoms with Crippen molar-refractivity contribution in [3.63, 3.8) is 0 Å². The summed E-state index contributed by atoms with van der Waals surface area (Å²) in [5.41, 5.74) is 1.47. The number of nitrogens with zero attached hydrogens (tertiary/aromatic N) is 6. The minimum absolute atomic E-state index is 0.158. The molecule has 0 atom stereocenters. The van der Waals surface area contributed by atoms with Gasteiger partial charge in [0.25, 0.3) is 5.91 Å². The summed E-state index contributed by atoms with van der Waals surface area (Å²) in [7, 11) is 0. The number of aromatic nitrogens is 4. The van der Waals surface area contributed by atoms with E-state index in [0.29, 0.717) is 51.4 Å². The van der Waals surface area contributed by atoms with Crippen LogP contribution >= 0.6 is 22.9 Å². The number of carbonyl (C=O) groups excluding carboxylic acids is 1. The zero-order chi connectivity index (χ0) is 24.1. The van der Waals surface area contributed by atoms with Crippen molar-refractivity contribution in [2.45, 2.75) is 20.3 Å². The number of thiazole rings is 1. The summed E-state index contributed by atoms with van der Waals surface area (Å²) in [6.07, 6.45) is 2.18. The van der Waals surface area contributed by atoms with Gasteiger partial charge < -0.3 is 15.3 Å². The van der Waals surface area contributed by atoms with E-state index in [4.69, 9.17) is 16.7 Å². The molecule has 4 rings (SSSR count). The Morgan fingerprint density at radius 1 is 1.21 bits per heavy atom. The third kappa shape index (κ3) is 5.79. The number of amides is 1. The fourth-order valence-corrected chi connectivity index (χ4v) is 4.55. The number of nitrogens with one attached hydrogen (secondary N) is 2. The van der Waals surface area contributed by atoms with Crippen LogP contribution in [0.15, 0.2) is 24.4 Å². The Kier molecular flexibility index (Phi) is 7.88. The highest BCUT2D eigenvalue weighted by Crippen LogP contribution is 2.28. The first-order valence-electron chi connectivity index (χ1n) is 11.1. The molecule has 1 amide bonds. The molecule has 1 aromatic carbocycles. The normalized spacial score (nSPS) is 14.3. The lowest BCUT2D eigenvalue weighted by atomic mass is 10.2. The van der Waals surface area contributed by atoms with E-state index in [9.17, 15) is 4.79 Å². The van der Waals surface area contributed by atoms with Gasteiger partial charge in [0.1, 0.15) is 10.7 Å². The Balaban J connectivity index is 1.46. The minimum atomic E-state index is -0.284. The highest BCUT2D eigenvalue weighted by molar-refractivity contribution is 7.17. The van der Waals surface area contributed by atoms with Crippen LogP contribution in [0.25, 0.3) is 0 Å². The number of aliphatic hydroxyl groups excluding tert-OH is 1. The van der Waals surface area contributed by atoms with Gasteiger partial charge in [0.05, 0.1) is 23.5 Å². The van der Waals surface area contributed by atoms with E-state index in [0.717, 1.165) is 31.7 Å². The third-order valence-corrected chi connectivity index (χ3v) is 6.69. The monoisotopic (exact) mass is 502 g/mol. The van der Waals surface area contributed by atoms with Gasteiger partial charge in [-0.05, 0) is 18.6 Å². The van der Waals surface area contributed by atoms with Crippen LogP contribution in [0.2, 0.25) is 5.02 Å². The van der Waals surface area contributed by atoms with Crippen molar-refractivity contribution in [2.24, 2.45) is 0 Å². The fourth-order valence-electron chi connectivity index (χ4n) is 3.57. The summed E-state index contributed by atoms with van der Waals surface area (Å²) < 4.78 is 0. The van der Waals surface area contributed by atoms with E-state index >= 15 is 0 Å². The zero-order valence-corrected chi connectivity index (χ0v) is 20.7. The predicted molar refractivity (Wildman–Crippen MR) is 134 cm³/mol. The van der Waals surface area contributed by atoms with Gasteiger partial charge in [0.2, 0.25) is 11.9 Å². The molecule has 34 heavy (non-hydrogen) atoms. The third-order valence-electron chi connectivity index (χ3n) is 5.47. The number of rotatable bonds is 8. The van der Waals surface area contributed by atoms with Crippen molar-refractivity contribution in [3.05, 3.63) is 45.7 Å². The van der Waals surface area contributed by atoms with Gasteiger partial charge in [0, 0.05) is 39.1 Å².